The first-order chi connectivity index (χ1) is 10.9. The number of aromatic amines is 1. The molecule has 23 heavy (non-hydrogen) atoms. The Kier molecular flexibility index (Phi) is 3.87. The fourth-order valence-electron chi connectivity index (χ4n) is 2.20. The SMILES string of the molecule is COc1ccc(C)cc1NS(=O)(=O)c1ccc2[nH]c(=O)sc2c1. The molecule has 0 spiro atoms. The van der Waals surface area contributed by atoms with E-state index in [0.717, 1.165) is 16.9 Å². The number of ether oxygens (including phenoxy) is 1. The molecule has 0 radical (unpaired) electrons. The van der Waals surface area contributed by atoms with Crippen LogP contribution in [0.25, 0.3) is 10.2 Å². The van der Waals surface area contributed by atoms with Crippen molar-refractivity contribution in [3.05, 3.63) is 51.6 Å². The van der Waals surface area contributed by atoms with Crippen LogP contribution in [-0.2, 0) is 10.0 Å². The van der Waals surface area contributed by atoms with Crippen molar-refractivity contribution in [2.75, 3.05) is 11.8 Å². The summed E-state index contributed by atoms with van der Waals surface area (Å²) in [5, 5.41) is 0. The van der Waals surface area contributed by atoms with Crippen molar-refractivity contribution in [2.45, 2.75) is 11.8 Å². The molecule has 0 aliphatic rings. The number of H-pyrrole nitrogens is 1. The average molecular weight is 350 g/mol. The van der Waals surface area contributed by atoms with Gasteiger partial charge in [-0.15, -0.1) is 0 Å². The molecule has 0 bridgehead atoms. The second-order valence-corrected chi connectivity index (χ2v) is 7.68. The quantitative estimate of drug-likeness (QED) is 0.757. The van der Waals surface area contributed by atoms with E-state index in [1.54, 1.807) is 18.2 Å². The highest BCUT2D eigenvalue weighted by Gasteiger charge is 2.17. The molecule has 3 aromatic rings. The molecule has 0 saturated carbocycles. The molecule has 0 amide bonds. The van der Waals surface area contributed by atoms with Gasteiger partial charge in [-0.2, -0.15) is 0 Å². The van der Waals surface area contributed by atoms with Crippen LogP contribution in [0, 0.1) is 6.92 Å². The van der Waals surface area contributed by atoms with Crippen LogP contribution < -0.4 is 14.3 Å². The summed E-state index contributed by atoms with van der Waals surface area (Å²) < 4.78 is 33.5. The summed E-state index contributed by atoms with van der Waals surface area (Å²) >= 11 is 0.971. The van der Waals surface area contributed by atoms with Gasteiger partial charge in [0.15, 0.2) is 0 Å². The van der Waals surface area contributed by atoms with Gasteiger partial charge in [-0.3, -0.25) is 9.52 Å². The minimum Gasteiger partial charge on any atom is -0.495 e. The molecule has 0 unspecified atom stereocenters. The molecule has 120 valence electrons. The van der Waals surface area contributed by atoms with E-state index in [9.17, 15) is 13.2 Å². The van der Waals surface area contributed by atoms with Crippen LogP contribution in [-0.4, -0.2) is 20.5 Å². The zero-order chi connectivity index (χ0) is 16.6. The molecule has 1 heterocycles. The Morgan fingerprint density at radius 1 is 1.17 bits per heavy atom. The first-order valence-electron chi connectivity index (χ1n) is 6.69. The van der Waals surface area contributed by atoms with Crippen molar-refractivity contribution in [1.82, 2.24) is 4.98 Å². The van der Waals surface area contributed by atoms with Gasteiger partial charge in [0.1, 0.15) is 5.75 Å². The zero-order valence-electron chi connectivity index (χ0n) is 12.4. The van der Waals surface area contributed by atoms with Gasteiger partial charge in [-0.05, 0) is 42.8 Å². The molecule has 0 fully saturated rings. The number of methoxy groups -OCH3 is 1. The van der Waals surface area contributed by atoms with Crippen LogP contribution in [0.3, 0.4) is 0 Å². The minimum absolute atomic E-state index is 0.0869. The Bertz CT molecular complexity index is 1040. The minimum atomic E-state index is -3.78. The fraction of sp³-hybridized carbons (Fsp3) is 0.133. The van der Waals surface area contributed by atoms with E-state index in [0.29, 0.717) is 21.7 Å². The summed E-state index contributed by atoms with van der Waals surface area (Å²) in [6, 6.07) is 9.74. The Morgan fingerprint density at radius 3 is 2.70 bits per heavy atom. The zero-order valence-corrected chi connectivity index (χ0v) is 14.0. The maximum absolute atomic E-state index is 12.6. The molecule has 2 N–H and O–H groups in total. The summed E-state index contributed by atoms with van der Waals surface area (Å²) in [4.78, 5) is 13.9. The molecule has 0 aliphatic carbocycles. The Balaban J connectivity index is 2.03. The number of hydrogen-bond donors (Lipinski definition) is 2. The van der Waals surface area contributed by atoms with E-state index in [1.165, 1.54) is 19.2 Å². The van der Waals surface area contributed by atoms with Gasteiger partial charge in [0.25, 0.3) is 10.0 Å². The summed E-state index contributed by atoms with van der Waals surface area (Å²) in [7, 11) is -2.31. The summed E-state index contributed by atoms with van der Waals surface area (Å²) in [6.45, 7) is 1.86. The molecule has 2 aromatic carbocycles. The third-order valence-electron chi connectivity index (χ3n) is 3.30. The molecule has 0 saturated heterocycles. The van der Waals surface area contributed by atoms with Gasteiger partial charge in [0.2, 0.25) is 0 Å². The normalized spacial score (nSPS) is 11.6. The predicted molar refractivity (Wildman–Crippen MR) is 91.0 cm³/mol. The van der Waals surface area contributed by atoms with Crippen LogP contribution in [0.2, 0.25) is 0 Å². The molecule has 0 aliphatic heterocycles. The third kappa shape index (κ3) is 3.08. The molecular formula is C15H14N2O4S2. The van der Waals surface area contributed by atoms with Crippen LogP contribution >= 0.6 is 11.3 Å². The van der Waals surface area contributed by atoms with Gasteiger partial charge in [0, 0.05) is 0 Å². The first-order valence-corrected chi connectivity index (χ1v) is 8.99. The lowest BCUT2D eigenvalue weighted by Gasteiger charge is -2.12. The maximum Gasteiger partial charge on any atom is 0.305 e. The third-order valence-corrected chi connectivity index (χ3v) is 5.51. The van der Waals surface area contributed by atoms with Gasteiger partial charge in [0.05, 0.1) is 27.9 Å². The lowest BCUT2D eigenvalue weighted by molar-refractivity contribution is 0.417. The number of rotatable bonds is 4. The second-order valence-electron chi connectivity index (χ2n) is 4.98. The summed E-state index contributed by atoms with van der Waals surface area (Å²) in [5.41, 5.74) is 1.89. The van der Waals surface area contributed by atoms with Crippen molar-refractivity contribution in [3.8, 4) is 5.75 Å². The summed E-state index contributed by atoms with van der Waals surface area (Å²) in [5.74, 6) is 0.437. The summed E-state index contributed by atoms with van der Waals surface area (Å²) in [6.07, 6.45) is 0. The van der Waals surface area contributed by atoms with Crippen LogP contribution in [0.15, 0.2) is 46.1 Å². The van der Waals surface area contributed by atoms with Crippen LogP contribution in [0.1, 0.15) is 5.56 Å². The highest BCUT2D eigenvalue weighted by molar-refractivity contribution is 7.92. The molecule has 3 rings (SSSR count). The molecule has 8 heteroatoms. The molecule has 1 aromatic heterocycles. The van der Waals surface area contributed by atoms with Crippen molar-refractivity contribution in [2.24, 2.45) is 0 Å². The van der Waals surface area contributed by atoms with Crippen LogP contribution in [0.5, 0.6) is 5.75 Å². The number of aromatic nitrogens is 1. The number of aryl methyl sites for hydroxylation is 1. The monoisotopic (exact) mass is 350 g/mol. The van der Waals surface area contributed by atoms with Gasteiger partial charge < -0.3 is 9.72 Å². The average Bonchev–Trinajstić information content (AvgIpc) is 2.86. The van der Waals surface area contributed by atoms with Gasteiger partial charge in [-0.1, -0.05) is 17.4 Å². The van der Waals surface area contributed by atoms with Crippen molar-refractivity contribution >= 4 is 37.3 Å². The standard InChI is InChI=1S/C15H14N2O4S2/c1-9-3-6-13(21-2)12(7-9)17-23(19,20)10-4-5-11-14(8-10)22-15(18)16-11/h3-8,17H,1-2H3,(H,16,18). The van der Waals surface area contributed by atoms with E-state index >= 15 is 0 Å². The number of anilines is 1. The number of sulfonamides is 1. The number of hydrogen-bond acceptors (Lipinski definition) is 5. The topological polar surface area (TPSA) is 88.3 Å². The van der Waals surface area contributed by atoms with E-state index in [1.807, 2.05) is 13.0 Å². The maximum atomic E-state index is 12.6. The van der Waals surface area contributed by atoms with E-state index < -0.39 is 10.0 Å². The van der Waals surface area contributed by atoms with E-state index in [2.05, 4.69) is 9.71 Å². The van der Waals surface area contributed by atoms with E-state index in [-0.39, 0.29) is 9.77 Å². The van der Waals surface area contributed by atoms with Crippen LogP contribution in [0.4, 0.5) is 5.69 Å². The molecule has 6 nitrogen and oxygen atoms in total. The number of thiazole rings is 1. The Hall–Kier alpha value is -2.32. The number of nitrogens with one attached hydrogen (secondary N) is 2. The highest BCUT2D eigenvalue weighted by Crippen LogP contribution is 2.28. The molecule has 0 atom stereocenters. The van der Waals surface area contributed by atoms with Gasteiger partial charge in [-0.25, -0.2) is 8.42 Å². The van der Waals surface area contributed by atoms with Gasteiger partial charge >= 0.3 is 4.87 Å². The first kappa shape index (κ1) is 15.6. The largest absolute Gasteiger partial charge is 0.495 e. The molecular weight excluding hydrogens is 336 g/mol. The fourth-order valence-corrected chi connectivity index (χ4v) is 4.14. The number of fused-ring (bicyclic) bond motifs is 1. The predicted octanol–water partition coefficient (Wildman–Crippen LogP) is 2.71. The lowest BCUT2D eigenvalue weighted by Crippen LogP contribution is -2.13. The lowest BCUT2D eigenvalue weighted by atomic mass is 10.2. The van der Waals surface area contributed by atoms with Crippen molar-refractivity contribution < 1.29 is 13.2 Å². The Labute approximate surface area is 136 Å². The second kappa shape index (κ2) is 5.71. The van der Waals surface area contributed by atoms with E-state index in [4.69, 9.17) is 4.74 Å². The smallest absolute Gasteiger partial charge is 0.305 e. The Morgan fingerprint density at radius 2 is 1.96 bits per heavy atom. The van der Waals surface area contributed by atoms with Crippen molar-refractivity contribution in [1.29, 1.82) is 0 Å². The van der Waals surface area contributed by atoms with Crippen molar-refractivity contribution in [3.63, 3.8) is 0 Å². The number of benzene rings is 2. The highest BCUT2D eigenvalue weighted by atomic mass is 32.2.